The molecular formula is C16H22O4. The van der Waals surface area contributed by atoms with Crippen molar-refractivity contribution in [1.29, 1.82) is 0 Å². The fourth-order valence-electron chi connectivity index (χ4n) is 2.85. The molecule has 0 spiro atoms. The average molecular weight is 278 g/mol. The van der Waals surface area contributed by atoms with Crippen molar-refractivity contribution in [2.24, 2.45) is 11.8 Å². The second-order valence-corrected chi connectivity index (χ2v) is 5.42. The van der Waals surface area contributed by atoms with Crippen molar-refractivity contribution in [3.63, 3.8) is 0 Å². The Morgan fingerprint density at radius 1 is 1.30 bits per heavy atom. The summed E-state index contributed by atoms with van der Waals surface area (Å²) in [5.41, 5.74) is 1.10. The van der Waals surface area contributed by atoms with Crippen LogP contribution >= 0.6 is 0 Å². The zero-order valence-electron chi connectivity index (χ0n) is 12.0. The summed E-state index contributed by atoms with van der Waals surface area (Å²) in [6.07, 6.45) is 0.420. The summed E-state index contributed by atoms with van der Waals surface area (Å²) < 4.78 is 11.2. The molecule has 1 saturated carbocycles. The van der Waals surface area contributed by atoms with Crippen LogP contribution in [0.3, 0.4) is 0 Å². The van der Waals surface area contributed by atoms with Crippen molar-refractivity contribution in [2.75, 3.05) is 6.61 Å². The van der Waals surface area contributed by atoms with Crippen LogP contribution in [0.4, 0.5) is 0 Å². The number of aliphatic hydroxyl groups excluding tert-OH is 1. The number of carbonyl (C=O) groups is 1. The van der Waals surface area contributed by atoms with Crippen molar-refractivity contribution in [3.05, 3.63) is 35.9 Å². The minimum Gasteiger partial charge on any atom is -0.462 e. The van der Waals surface area contributed by atoms with Gasteiger partial charge in [0.05, 0.1) is 12.7 Å². The summed E-state index contributed by atoms with van der Waals surface area (Å²) in [5.74, 6) is -0.144. The van der Waals surface area contributed by atoms with Gasteiger partial charge < -0.3 is 14.6 Å². The minimum atomic E-state index is -0.276. The first-order chi connectivity index (χ1) is 9.61. The summed E-state index contributed by atoms with van der Waals surface area (Å²) in [7, 11) is 0. The van der Waals surface area contributed by atoms with Crippen LogP contribution in [0.1, 0.15) is 25.8 Å². The predicted molar refractivity (Wildman–Crippen MR) is 74.9 cm³/mol. The van der Waals surface area contributed by atoms with Crippen molar-refractivity contribution in [1.82, 2.24) is 0 Å². The predicted octanol–water partition coefficient (Wildman–Crippen LogP) is 2.15. The molecule has 0 radical (unpaired) electrons. The molecule has 4 nitrogen and oxygen atoms in total. The third-order valence-electron chi connectivity index (χ3n) is 4.04. The molecule has 110 valence electrons. The van der Waals surface area contributed by atoms with E-state index in [2.05, 4.69) is 0 Å². The Bertz CT molecular complexity index is 431. The lowest BCUT2D eigenvalue weighted by Crippen LogP contribution is -2.26. The van der Waals surface area contributed by atoms with Gasteiger partial charge in [-0.15, -0.1) is 0 Å². The molecule has 4 unspecified atom stereocenters. The fraction of sp³-hybridized carbons (Fsp3) is 0.562. The summed E-state index contributed by atoms with van der Waals surface area (Å²) >= 11 is 0. The van der Waals surface area contributed by atoms with E-state index in [9.17, 15) is 9.90 Å². The summed E-state index contributed by atoms with van der Waals surface area (Å²) in [6, 6.07) is 9.93. The van der Waals surface area contributed by atoms with Crippen LogP contribution in [-0.4, -0.2) is 29.9 Å². The highest BCUT2D eigenvalue weighted by atomic mass is 16.5. The van der Waals surface area contributed by atoms with Gasteiger partial charge in [0.15, 0.2) is 0 Å². The van der Waals surface area contributed by atoms with Crippen LogP contribution in [0.15, 0.2) is 30.3 Å². The lowest BCUT2D eigenvalue weighted by atomic mass is 9.96. The van der Waals surface area contributed by atoms with Gasteiger partial charge in [-0.2, -0.15) is 0 Å². The Morgan fingerprint density at radius 3 is 2.60 bits per heavy atom. The maximum absolute atomic E-state index is 11.1. The Morgan fingerprint density at radius 2 is 2.00 bits per heavy atom. The third-order valence-corrected chi connectivity index (χ3v) is 4.04. The first-order valence-electron chi connectivity index (χ1n) is 7.05. The number of rotatable bonds is 5. The van der Waals surface area contributed by atoms with E-state index >= 15 is 0 Å². The van der Waals surface area contributed by atoms with Gasteiger partial charge in [-0.25, -0.2) is 0 Å². The average Bonchev–Trinajstić information content (AvgIpc) is 2.73. The van der Waals surface area contributed by atoms with Gasteiger partial charge in [0.1, 0.15) is 6.10 Å². The normalized spacial score (nSPS) is 29.4. The van der Waals surface area contributed by atoms with E-state index in [0.717, 1.165) is 5.56 Å². The molecule has 0 amide bonds. The monoisotopic (exact) mass is 278 g/mol. The quantitative estimate of drug-likeness (QED) is 0.839. The van der Waals surface area contributed by atoms with Gasteiger partial charge in [-0.3, -0.25) is 4.79 Å². The molecule has 1 aliphatic rings. The van der Waals surface area contributed by atoms with E-state index in [1.807, 2.05) is 37.3 Å². The zero-order chi connectivity index (χ0) is 14.5. The highest BCUT2D eigenvalue weighted by Gasteiger charge is 2.42. The molecule has 0 aliphatic heterocycles. The van der Waals surface area contributed by atoms with E-state index in [1.165, 1.54) is 6.92 Å². The molecule has 0 saturated heterocycles. The first-order valence-corrected chi connectivity index (χ1v) is 7.05. The fourth-order valence-corrected chi connectivity index (χ4v) is 2.85. The van der Waals surface area contributed by atoms with Gasteiger partial charge in [-0.05, 0) is 5.56 Å². The number of ether oxygens (including phenoxy) is 2. The van der Waals surface area contributed by atoms with E-state index in [0.29, 0.717) is 13.0 Å². The maximum atomic E-state index is 11.1. The van der Waals surface area contributed by atoms with E-state index in [1.54, 1.807) is 0 Å². The number of carbonyl (C=O) groups excluding carboxylic acids is 1. The molecule has 1 N–H and O–H groups in total. The van der Waals surface area contributed by atoms with Gasteiger partial charge >= 0.3 is 5.97 Å². The van der Waals surface area contributed by atoms with E-state index in [4.69, 9.17) is 9.47 Å². The van der Waals surface area contributed by atoms with Crippen LogP contribution in [0, 0.1) is 11.8 Å². The van der Waals surface area contributed by atoms with Gasteiger partial charge in [0.25, 0.3) is 0 Å². The molecule has 0 aromatic heterocycles. The van der Waals surface area contributed by atoms with Crippen molar-refractivity contribution >= 4 is 5.97 Å². The highest BCUT2D eigenvalue weighted by Crippen LogP contribution is 2.36. The number of benzene rings is 1. The van der Waals surface area contributed by atoms with Gasteiger partial charge in [0.2, 0.25) is 0 Å². The Balaban J connectivity index is 1.94. The molecule has 2 rings (SSSR count). The van der Waals surface area contributed by atoms with Crippen LogP contribution in [0.5, 0.6) is 0 Å². The minimum absolute atomic E-state index is 0.0167. The van der Waals surface area contributed by atoms with Crippen LogP contribution in [0.2, 0.25) is 0 Å². The second-order valence-electron chi connectivity index (χ2n) is 5.42. The molecule has 1 aliphatic carbocycles. The van der Waals surface area contributed by atoms with Crippen LogP contribution < -0.4 is 0 Å². The number of esters is 1. The van der Waals surface area contributed by atoms with Crippen LogP contribution in [0.25, 0.3) is 0 Å². The largest absolute Gasteiger partial charge is 0.462 e. The Hall–Kier alpha value is -1.39. The Labute approximate surface area is 119 Å². The number of hydrogen-bond donors (Lipinski definition) is 1. The molecule has 20 heavy (non-hydrogen) atoms. The number of aliphatic hydroxyl groups is 1. The van der Waals surface area contributed by atoms with E-state index in [-0.39, 0.29) is 36.6 Å². The standard InChI is InChI=1S/C16H22O4/c1-11-14(9-17)16(8-15(11)20-12(2)18)19-10-13-6-4-3-5-7-13/h3-7,11,14-17H,8-10H2,1-2H3. The van der Waals surface area contributed by atoms with Gasteiger partial charge in [-0.1, -0.05) is 37.3 Å². The summed E-state index contributed by atoms with van der Waals surface area (Å²) in [5, 5.41) is 9.54. The molecule has 0 bridgehead atoms. The third kappa shape index (κ3) is 3.58. The second kappa shape index (κ2) is 6.86. The molecule has 1 aromatic rings. The lowest BCUT2D eigenvalue weighted by molar-refractivity contribution is -0.148. The maximum Gasteiger partial charge on any atom is 0.302 e. The molecule has 1 fully saturated rings. The SMILES string of the molecule is CC(=O)OC1CC(OCc2ccccc2)C(CO)C1C. The molecule has 0 heterocycles. The lowest BCUT2D eigenvalue weighted by Gasteiger charge is -2.21. The van der Waals surface area contributed by atoms with Gasteiger partial charge in [0, 0.05) is 31.8 Å². The molecule has 4 heteroatoms. The van der Waals surface area contributed by atoms with E-state index < -0.39 is 0 Å². The molecule has 4 atom stereocenters. The summed E-state index contributed by atoms with van der Waals surface area (Å²) in [6.45, 7) is 3.99. The van der Waals surface area contributed by atoms with Crippen molar-refractivity contribution < 1.29 is 19.4 Å². The first kappa shape index (κ1) is 15.0. The van der Waals surface area contributed by atoms with Crippen LogP contribution in [-0.2, 0) is 20.9 Å². The smallest absolute Gasteiger partial charge is 0.302 e. The summed E-state index contributed by atoms with van der Waals surface area (Å²) in [4.78, 5) is 11.1. The van der Waals surface area contributed by atoms with Crippen molar-refractivity contribution in [3.8, 4) is 0 Å². The molecule has 1 aromatic carbocycles. The Kier molecular flexibility index (Phi) is 5.15. The number of hydrogen-bond acceptors (Lipinski definition) is 4. The highest BCUT2D eigenvalue weighted by molar-refractivity contribution is 5.66. The molecular weight excluding hydrogens is 256 g/mol. The topological polar surface area (TPSA) is 55.8 Å². The zero-order valence-corrected chi connectivity index (χ0v) is 12.0. The van der Waals surface area contributed by atoms with Crippen molar-refractivity contribution in [2.45, 2.75) is 39.1 Å².